The van der Waals surface area contributed by atoms with Crippen LogP contribution in [-0.2, 0) is 17.6 Å². The predicted octanol–water partition coefficient (Wildman–Crippen LogP) is 3.82. The van der Waals surface area contributed by atoms with Crippen molar-refractivity contribution in [1.82, 2.24) is 19.7 Å². The second kappa shape index (κ2) is 15.0. The van der Waals surface area contributed by atoms with Crippen LogP contribution in [0.4, 0.5) is 24.7 Å². The zero-order valence-electron chi connectivity index (χ0n) is 27.7. The lowest BCUT2D eigenvalue weighted by Gasteiger charge is -2.35. The number of benzene rings is 1. The van der Waals surface area contributed by atoms with Gasteiger partial charge in [-0.25, -0.2) is 9.67 Å². The maximum Gasteiger partial charge on any atom is 0.423 e. The number of aliphatic hydroxyl groups is 1. The van der Waals surface area contributed by atoms with Crippen LogP contribution in [0.5, 0.6) is 5.75 Å². The van der Waals surface area contributed by atoms with Crippen molar-refractivity contribution in [2.24, 2.45) is 0 Å². The first-order valence-electron chi connectivity index (χ1n) is 16.1. The number of piperazine rings is 1. The molecule has 0 bridgehead atoms. The summed E-state index contributed by atoms with van der Waals surface area (Å²) in [4.78, 5) is 35.8. The first-order chi connectivity index (χ1) is 23.2. The summed E-state index contributed by atoms with van der Waals surface area (Å²) in [6.07, 6.45) is -3.32. The monoisotopic (exact) mass is 699 g/mol. The van der Waals surface area contributed by atoms with E-state index in [9.17, 15) is 27.9 Å². The third-order valence-electron chi connectivity index (χ3n) is 8.51. The number of ether oxygens (including phenoxy) is 2. The summed E-state index contributed by atoms with van der Waals surface area (Å²) in [6, 6.07) is 12.2. The number of nitrogens with zero attached hydrogens (tertiary/aromatic N) is 7. The lowest BCUT2D eigenvalue weighted by Crippen LogP contribution is -2.49. The maximum absolute atomic E-state index is 14.3. The Bertz CT molecular complexity index is 1720. The van der Waals surface area contributed by atoms with Crippen molar-refractivity contribution in [2.75, 3.05) is 55.7 Å². The molecule has 0 aliphatic carbocycles. The van der Waals surface area contributed by atoms with E-state index >= 15 is 0 Å². The SMILES string of the molecule is C[Si](C)(C)CCOCn1ncc(N2C[C@@H](O)C[C@H]2COc2cccc(C(=O)N3CCN(c4ccc(C#N)cn4)CC3)c2)c(C(F)(F)F)c1=O. The van der Waals surface area contributed by atoms with Gasteiger partial charge in [-0.15, -0.1) is 0 Å². The average molecular weight is 700 g/mol. The number of rotatable bonds is 11. The standard InChI is InChI=1S/C33H40F3N7O5Si/c1-49(2,3)14-13-47-22-43-32(46)30(33(34,35)36)28(19-39-43)42-20-26(44)16-25(42)21-48-27-6-4-5-24(15-27)31(45)41-11-9-40(10-12-41)29-8-7-23(17-37)18-38-29/h4-8,15,18-19,25-26,44H,9-14,16,20-22H2,1-3H3/t25-,26-/m0/s1. The van der Waals surface area contributed by atoms with E-state index in [2.05, 4.69) is 29.7 Å². The smallest absolute Gasteiger partial charge is 0.423 e. The van der Waals surface area contributed by atoms with Gasteiger partial charge in [0.25, 0.3) is 11.5 Å². The van der Waals surface area contributed by atoms with Crippen LogP contribution in [-0.4, -0.2) is 96.8 Å². The van der Waals surface area contributed by atoms with E-state index in [-0.39, 0.29) is 25.5 Å². The highest BCUT2D eigenvalue weighted by Crippen LogP contribution is 2.37. The van der Waals surface area contributed by atoms with Crippen molar-refractivity contribution in [2.45, 2.75) is 57.2 Å². The van der Waals surface area contributed by atoms with Crippen molar-refractivity contribution in [3.63, 3.8) is 0 Å². The fourth-order valence-corrected chi connectivity index (χ4v) is 6.56. The van der Waals surface area contributed by atoms with Crippen LogP contribution in [0, 0.1) is 11.3 Å². The fraction of sp³-hybridized carbons (Fsp3) is 0.485. The van der Waals surface area contributed by atoms with E-state index < -0.39 is 49.9 Å². The van der Waals surface area contributed by atoms with Gasteiger partial charge < -0.3 is 29.3 Å². The minimum absolute atomic E-state index is 0.106. The van der Waals surface area contributed by atoms with Crippen LogP contribution < -0.4 is 20.1 Å². The summed E-state index contributed by atoms with van der Waals surface area (Å²) in [7, 11) is -1.44. The Morgan fingerprint density at radius 2 is 1.88 bits per heavy atom. The molecule has 0 spiro atoms. The molecule has 1 amide bonds. The summed E-state index contributed by atoms with van der Waals surface area (Å²) < 4.78 is 55.1. The summed E-state index contributed by atoms with van der Waals surface area (Å²) >= 11 is 0. The highest BCUT2D eigenvalue weighted by Gasteiger charge is 2.43. The second-order valence-corrected chi connectivity index (χ2v) is 19.0. The van der Waals surface area contributed by atoms with E-state index in [4.69, 9.17) is 14.7 Å². The first kappa shape index (κ1) is 35.8. The second-order valence-electron chi connectivity index (χ2n) is 13.4. The largest absolute Gasteiger partial charge is 0.491 e. The summed E-state index contributed by atoms with van der Waals surface area (Å²) in [5.41, 5.74) is -2.26. The number of anilines is 2. The van der Waals surface area contributed by atoms with Gasteiger partial charge in [0.2, 0.25) is 0 Å². The van der Waals surface area contributed by atoms with Crippen LogP contribution in [0.25, 0.3) is 0 Å². The Labute approximate surface area is 283 Å². The molecule has 0 radical (unpaired) electrons. The van der Waals surface area contributed by atoms with Crippen molar-refractivity contribution in [3.8, 4) is 11.8 Å². The Balaban J connectivity index is 1.24. The van der Waals surface area contributed by atoms with Gasteiger partial charge in [0, 0.05) is 59.2 Å². The minimum atomic E-state index is -4.98. The number of carbonyl (C=O) groups is 1. The van der Waals surface area contributed by atoms with Gasteiger partial charge in [-0.1, -0.05) is 25.7 Å². The van der Waals surface area contributed by atoms with E-state index in [0.717, 1.165) is 18.1 Å². The van der Waals surface area contributed by atoms with Crippen molar-refractivity contribution in [1.29, 1.82) is 5.26 Å². The molecule has 5 rings (SSSR count). The van der Waals surface area contributed by atoms with Crippen LogP contribution in [0.15, 0.2) is 53.6 Å². The molecule has 1 aromatic carbocycles. The zero-order chi connectivity index (χ0) is 35.3. The van der Waals surface area contributed by atoms with Gasteiger partial charge in [-0.2, -0.15) is 23.5 Å². The molecule has 2 atom stereocenters. The minimum Gasteiger partial charge on any atom is -0.491 e. The van der Waals surface area contributed by atoms with Gasteiger partial charge >= 0.3 is 6.18 Å². The lowest BCUT2D eigenvalue weighted by molar-refractivity contribution is -0.138. The molecule has 0 saturated carbocycles. The third kappa shape index (κ3) is 8.96. The number of aromatic nitrogens is 3. The zero-order valence-corrected chi connectivity index (χ0v) is 28.7. The molecule has 2 fully saturated rings. The first-order valence-corrected chi connectivity index (χ1v) is 19.8. The van der Waals surface area contributed by atoms with Crippen LogP contribution in [0.2, 0.25) is 25.7 Å². The summed E-state index contributed by atoms with van der Waals surface area (Å²) in [5, 5.41) is 23.4. The Morgan fingerprint density at radius 3 is 2.53 bits per heavy atom. The quantitative estimate of drug-likeness (QED) is 0.232. The molecule has 12 nitrogen and oxygen atoms in total. The summed E-state index contributed by atoms with van der Waals surface area (Å²) in [5.74, 6) is 0.878. The fourth-order valence-electron chi connectivity index (χ4n) is 5.80. The highest BCUT2D eigenvalue weighted by atomic mass is 28.3. The molecule has 1 N–H and O–H groups in total. The number of pyridine rings is 1. The predicted molar refractivity (Wildman–Crippen MR) is 178 cm³/mol. The van der Waals surface area contributed by atoms with Gasteiger partial charge in [0.05, 0.1) is 29.6 Å². The van der Waals surface area contributed by atoms with Crippen molar-refractivity contribution in [3.05, 3.63) is 75.8 Å². The molecular weight excluding hydrogens is 659 g/mol. The third-order valence-corrected chi connectivity index (χ3v) is 10.2. The molecular formula is C33H40F3N7O5Si. The number of amides is 1. The molecule has 262 valence electrons. The van der Waals surface area contributed by atoms with Crippen LogP contribution in [0.3, 0.4) is 0 Å². The molecule has 4 heterocycles. The Morgan fingerprint density at radius 1 is 1.12 bits per heavy atom. The van der Waals surface area contributed by atoms with Gasteiger partial charge in [-0.3, -0.25) is 9.59 Å². The number of hydrogen-bond acceptors (Lipinski definition) is 10. The number of carbonyl (C=O) groups excluding carboxylic acids is 1. The molecule has 2 aromatic heterocycles. The number of alkyl halides is 3. The normalized spacial score (nSPS) is 18.4. The Kier molecular flexibility index (Phi) is 10.9. The van der Waals surface area contributed by atoms with E-state index in [1.807, 2.05) is 11.0 Å². The maximum atomic E-state index is 14.3. The van der Waals surface area contributed by atoms with Crippen LogP contribution in [0.1, 0.15) is 27.9 Å². The van der Waals surface area contributed by atoms with Gasteiger partial charge in [0.15, 0.2) is 0 Å². The lowest BCUT2D eigenvalue weighted by atomic mass is 10.1. The number of nitriles is 1. The summed E-state index contributed by atoms with van der Waals surface area (Å²) in [6.45, 7) is 8.12. The number of hydrogen-bond donors (Lipinski definition) is 1. The number of aliphatic hydroxyl groups excluding tert-OH is 1. The van der Waals surface area contributed by atoms with Crippen LogP contribution >= 0.6 is 0 Å². The van der Waals surface area contributed by atoms with Gasteiger partial charge in [-0.05, 0) is 42.8 Å². The molecule has 2 aliphatic heterocycles. The molecule has 49 heavy (non-hydrogen) atoms. The molecule has 3 aromatic rings. The van der Waals surface area contributed by atoms with E-state index in [0.29, 0.717) is 54.3 Å². The average Bonchev–Trinajstić information content (AvgIpc) is 3.45. The van der Waals surface area contributed by atoms with Crippen molar-refractivity contribution < 1.29 is 32.5 Å². The van der Waals surface area contributed by atoms with Crippen molar-refractivity contribution >= 4 is 25.5 Å². The number of β-amino-alcohol motifs (C(OH)–C–C–N with tert-alkyl or cyclic N) is 1. The number of halogens is 3. The molecule has 2 saturated heterocycles. The van der Waals surface area contributed by atoms with E-state index in [1.165, 1.54) is 11.1 Å². The topological polar surface area (TPSA) is 137 Å². The van der Waals surface area contributed by atoms with E-state index in [1.54, 1.807) is 41.3 Å². The molecule has 16 heteroatoms. The molecule has 0 unspecified atom stereocenters. The molecule has 2 aliphatic rings. The Hall–Kier alpha value is -4.46. The van der Waals surface area contributed by atoms with Gasteiger partial charge in [0.1, 0.15) is 36.5 Å². The highest BCUT2D eigenvalue weighted by molar-refractivity contribution is 6.76.